The Morgan fingerprint density at radius 2 is 1.96 bits per heavy atom. The summed E-state index contributed by atoms with van der Waals surface area (Å²) in [6, 6.07) is 2.77. The predicted molar refractivity (Wildman–Crippen MR) is 106 cm³/mol. The number of fused-ring (bicyclic) bond motifs is 1. The van der Waals surface area contributed by atoms with Crippen LogP contribution in [0.3, 0.4) is 0 Å². The first kappa shape index (κ1) is 20.3. The highest BCUT2D eigenvalue weighted by atomic mass is 35.5. The van der Waals surface area contributed by atoms with Gasteiger partial charge in [-0.2, -0.15) is 9.49 Å². The van der Waals surface area contributed by atoms with E-state index in [0.29, 0.717) is 11.1 Å². The molecule has 0 aliphatic carbocycles. The van der Waals surface area contributed by atoms with Gasteiger partial charge in [-0.3, -0.25) is 0 Å². The van der Waals surface area contributed by atoms with E-state index in [2.05, 4.69) is 10.1 Å². The van der Waals surface area contributed by atoms with Gasteiger partial charge in [0.15, 0.2) is 15.6 Å². The molecule has 0 spiro atoms. The van der Waals surface area contributed by atoms with Gasteiger partial charge in [-0.05, 0) is 39.8 Å². The van der Waals surface area contributed by atoms with Crippen LogP contribution in [-0.2, 0) is 9.84 Å². The third kappa shape index (κ3) is 3.29. The molecule has 0 atom stereocenters. The topological polar surface area (TPSA) is 99.6 Å². The number of hydrogen-bond acceptors (Lipinski definition) is 6. The maximum Gasteiger partial charge on any atom is 0.222 e. The first-order valence-corrected chi connectivity index (χ1v) is 10.3. The first-order valence-electron chi connectivity index (χ1n) is 8.48. The number of ether oxygens (including phenoxy) is 1. The van der Waals surface area contributed by atoms with Gasteiger partial charge in [0.2, 0.25) is 5.95 Å². The van der Waals surface area contributed by atoms with Crippen molar-refractivity contribution in [1.29, 1.82) is 0 Å². The Labute approximate surface area is 167 Å². The zero-order valence-electron chi connectivity index (χ0n) is 15.8. The average Bonchev–Trinajstić information content (AvgIpc) is 2.99. The second-order valence-electron chi connectivity index (χ2n) is 7.13. The van der Waals surface area contributed by atoms with Crippen LogP contribution in [0.1, 0.15) is 27.7 Å². The first-order chi connectivity index (χ1) is 13.0. The Morgan fingerprint density at radius 1 is 1.29 bits per heavy atom. The van der Waals surface area contributed by atoms with Gasteiger partial charge in [0, 0.05) is 11.1 Å². The molecule has 7 nitrogen and oxygen atoms in total. The van der Waals surface area contributed by atoms with Crippen LogP contribution in [0.15, 0.2) is 29.4 Å². The van der Waals surface area contributed by atoms with Crippen molar-refractivity contribution in [3.05, 3.63) is 35.5 Å². The molecule has 150 valence electrons. The Bertz CT molecular complexity index is 1170. The van der Waals surface area contributed by atoms with Crippen molar-refractivity contribution >= 4 is 32.8 Å². The maximum atomic E-state index is 14.4. The molecule has 3 aromatic heterocycles. The number of nitrogens with zero attached hydrogens (tertiary/aromatic N) is 3. The number of hydrogen-bond donors (Lipinski definition) is 1. The molecular weight excluding hydrogens is 407 g/mol. The maximum absolute atomic E-state index is 14.4. The summed E-state index contributed by atoms with van der Waals surface area (Å²) in [5.74, 6) is -0.784. The number of nitrogens with two attached hydrogens (primary N) is 1. The molecule has 0 bridgehead atoms. The Hall–Kier alpha value is -2.39. The van der Waals surface area contributed by atoms with E-state index >= 15 is 0 Å². The molecule has 3 aromatic rings. The number of rotatable bonds is 4. The molecule has 0 aliphatic heterocycles. The Balaban J connectivity index is 2.34. The van der Waals surface area contributed by atoms with Gasteiger partial charge in [0.05, 0.1) is 34.3 Å². The summed E-state index contributed by atoms with van der Waals surface area (Å²) < 4.78 is 46.5. The fourth-order valence-corrected chi connectivity index (χ4v) is 4.12. The quantitative estimate of drug-likeness (QED) is 0.638. The van der Waals surface area contributed by atoms with Crippen LogP contribution in [0.4, 0.5) is 10.2 Å². The molecule has 0 fully saturated rings. The smallest absolute Gasteiger partial charge is 0.222 e. The van der Waals surface area contributed by atoms with Crippen molar-refractivity contribution < 1.29 is 17.5 Å². The molecule has 0 amide bonds. The van der Waals surface area contributed by atoms with Crippen LogP contribution in [0.5, 0.6) is 5.75 Å². The lowest BCUT2D eigenvalue weighted by Gasteiger charge is -2.21. The zero-order valence-corrected chi connectivity index (χ0v) is 17.4. The highest BCUT2D eigenvalue weighted by Gasteiger charge is 2.34. The number of sulfone groups is 1. The summed E-state index contributed by atoms with van der Waals surface area (Å²) in [5.41, 5.74) is 6.31. The van der Waals surface area contributed by atoms with Gasteiger partial charge in [0.1, 0.15) is 10.7 Å². The van der Waals surface area contributed by atoms with Crippen LogP contribution < -0.4 is 10.5 Å². The number of pyridine rings is 2. The second-order valence-corrected chi connectivity index (χ2v) is 10.2. The Morgan fingerprint density at radius 3 is 2.57 bits per heavy atom. The van der Waals surface area contributed by atoms with Crippen molar-refractivity contribution in [2.24, 2.45) is 0 Å². The van der Waals surface area contributed by atoms with Crippen LogP contribution in [0, 0.1) is 5.95 Å². The molecule has 0 saturated heterocycles. The van der Waals surface area contributed by atoms with Gasteiger partial charge in [-0.15, -0.1) is 0 Å². The van der Waals surface area contributed by atoms with Crippen molar-refractivity contribution in [2.45, 2.75) is 37.3 Å². The summed E-state index contributed by atoms with van der Waals surface area (Å²) in [6.45, 7) is 6.83. The molecular formula is C18H20ClFN4O3S. The lowest BCUT2D eigenvalue weighted by Crippen LogP contribution is -2.28. The minimum Gasteiger partial charge on any atom is -0.491 e. The monoisotopic (exact) mass is 426 g/mol. The van der Waals surface area contributed by atoms with Gasteiger partial charge in [-0.1, -0.05) is 11.6 Å². The van der Waals surface area contributed by atoms with E-state index in [4.69, 9.17) is 22.1 Å². The van der Waals surface area contributed by atoms with E-state index in [1.807, 2.05) is 0 Å². The van der Waals surface area contributed by atoms with Crippen molar-refractivity contribution in [3.8, 4) is 16.9 Å². The van der Waals surface area contributed by atoms with Gasteiger partial charge < -0.3 is 10.5 Å². The van der Waals surface area contributed by atoms with E-state index < -0.39 is 20.5 Å². The average molecular weight is 427 g/mol. The fourth-order valence-electron chi connectivity index (χ4n) is 2.67. The third-order valence-electron chi connectivity index (χ3n) is 4.23. The van der Waals surface area contributed by atoms with Crippen LogP contribution in [0.25, 0.3) is 16.6 Å². The van der Waals surface area contributed by atoms with Crippen LogP contribution >= 0.6 is 11.6 Å². The van der Waals surface area contributed by atoms with Crippen molar-refractivity contribution in [3.63, 3.8) is 0 Å². The molecule has 2 N–H and O–H groups in total. The second kappa shape index (κ2) is 6.89. The lowest BCUT2D eigenvalue weighted by molar-refractivity contribution is 0.328. The molecule has 3 heterocycles. The highest BCUT2D eigenvalue weighted by molar-refractivity contribution is 7.92. The lowest BCUT2D eigenvalue weighted by atomic mass is 10.1. The normalized spacial score (nSPS) is 12.5. The van der Waals surface area contributed by atoms with E-state index in [9.17, 15) is 12.8 Å². The SMILES string of the molecule is CCOc1cn2ncc(-c3cc(Cl)c(N)nc3F)c2cc1S(=O)(=O)C(C)(C)C. The minimum atomic E-state index is -3.74. The predicted octanol–water partition coefficient (Wildman–Crippen LogP) is 3.74. The number of anilines is 1. The standard InChI is InChI=1S/C18H20ClFN4O3S/c1-5-27-14-9-24-13(7-15(14)28(25,26)18(2,3)4)11(8-22-24)10-6-12(19)17(21)23-16(10)20/h6-9H,5H2,1-4H3,(H2,21,23). The van der Waals surface area contributed by atoms with Gasteiger partial charge in [-0.25, -0.2) is 17.9 Å². The van der Waals surface area contributed by atoms with Gasteiger partial charge in [0.25, 0.3) is 0 Å². The summed E-state index contributed by atoms with van der Waals surface area (Å²) >= 11 is 5.99. The van der Waals surface area contributed by atoms with Gasteiger partial charge >= 0.3 is 0 Å². The van der Waals surface area contributed by atoms with Crippen LogP contribution in [0.2, 0.25) is 5.02 Å². The molecule has 0 aliphatic rings. The number of aromatic nitrogens is 3. The highest BCUT2D eigenvalue weighted by Crippen LogP contribution is 2.37. The molecule has 0 aromatic carbocycles. The summed E-state index contributed by atoms with van der Waals surface area (Å²) in [7, 11) is -3.74. The zero-order chi connectivity index (χ0) is 20.9. The molecule has 0 saturated carbocycles. The molecule has 0 unspecified atom stereocenters. The number of nitrogen functional groups attached to an aromatic ring is 1. The Kier molecular flexibility index (Phi) is 5.01. The van der Waals surface area contributed by atoms with Crippen molar-refractivity contribution in [2.75, 3.05) is 12.3 Å². The molecule has 0 radical (unpaired) electrons. The molecule has 3 rings (SSSR count). The molecule has 10 heteroatoms. The van der Waals surface area contributed by atoms with Crippen LogP contribution in [-0.4, -0.2) is 34.4 Å². The summed E-state index contributed by atoms with van der Waals surface area (Å²) in [4.78, 5) is 3.60. The fraction of sp³-hybridized carbons (Fsp3) is 0.333. The summed E-state index contributed by atoms with van der Waals surface area (Å²) in [5, 5.41) is 4.28. The number of halogens is 2. The van der Waals surface area contributed by atoms with E-state index in [1.165, 1.54) is 29.0 Å². The molecule has 28 heavy (non-hydrogen) atoms. The van der Waals surface area contributed by atoms with E-state index in [0.717, 1.165) is 0 Å². The summed E-state index contributed by atoms with van der Waals surface area (Å²) in [6.07, 6.45) is 2.87. The van der Waals surface area contributed by atoms with Crippen molar-refractivity contribution in [1.82, 2.24) is 14.6 Å². The van der Waals surface area contributed by atoms with E-state index in [1.54, 1.807) is 27.7 Å². The largest absolute Gasteiger partial charge is 0.491 e. The third-order valence-corrected chi connectivity index (χ3v) is 7.04. The minimum absolute atomic E-state index is 0.00556. The van der Waals surface area contributed by atoms with E-state index in [-0.39, 0.29) is 33.7 Å².